The van der Waals surface area contributed by atoms with Crippen LogP contribution in [0.1, 0.15) is 246 Å². The van der Waals surface area contributed by atoms with Crippen LogP contribution in [0.5, 0.6) is 0 Å². The van der Waals surface area contributed by atoms with Crippen molar-refractivity contribution in [3.05, 3.63) is 0 Å². The minimum Gasteiger partial charge on any atom is -0.466 e. The molecule has 1 aliphatic rings. The lowest BCUT2D eigenvalue weighted by molar-refractivity contribution is -0.150. The number of nitrogens with zero attached hydrogens (tertiary/aromatic N) is 1. The molecule has 0 N–H and O–H groups in total. The van der Waals surface area contributed by atoms with Crippen molar-refractivity contribution in [2.45, 2.75) is 258 Å². The van der Waals surface area contributed by atoms with Crippen LogP contribution >= 0.6 is 0 Å². The van der Waals surface area contributed by atoms with Crippen molar-refractivity contribution >= 4 is 11.9 Å². The molecule has 0 spiro atoms. The third-order valence-corrected chi connectivity index (χ3v) is 11.6. The van der Waals surface area contributed by atoms with Crippen LogP contribution in [0.3, 0.4) is 0 Å². The second kappa shape index (κ2) is 35.9. The number of piperidine rings is 1. The molecule has 1 heterocycles. The molecule has 0 radical (unpaired) electrons. The Morgan fingerprint density at radius 2 is 1.00 bits per heavy atom. The van der Waals surface area contributed by atoms with Crippen molar-refractivity contribution in [1.29, 1.82) is 0 Å². The van der Waals surface area contributed by atoms with E-state index in [2.05, 4.69) is 32.6 Å². The molecule has 1 saturated heterocycles. The molecule has 1 rings (SSSR count). The first-order chi connectivity index (χ1) is 25.0. The smallest absolute Gasteiger partial charge is 0.306 e. The predicted molar refractivity (Wildman–Crippen MR) is 219 cm³/mol. The summed E-state index contributed by atoms with van der Waals surface area (Å²) in [5.74, 6) is 0.857. The van der Waals surface area contributed by atoms with Gasteiger partial charge in [-0.05, 0) is 83.1 Å². The van der Waals surface area contributed by atoms with E-state index in [1.807, 2.05) is 0 Å². The normalized spacial score (nSPS) is 16.6. The lowest BCUT2D eigenvalue weighted by Crippen LogP contribution is -2.43. The zero-order chi connectivity index (χ0) is 37.0. The minimum absolute atomic E-state index is 0.00245. The molecule has 1 aliphatic heterocycles. The van der Waals surface area contributed by atoms with Crippen LogP contribution in [0.2, 0.25) is 0 Å². The number of likely N-dealkylation sites (tertiary alicyclic amines) is 1. The van der Waals surface area contributed by atoms with Crippen LogP contribution in [-0.2, 0) is 19.1 Å². The highest BCUT2D eigenvalue weighted by molar-refractivity contribution is 5.69. The van der Waals surface area contributed by atoms with Gasteiger partial charge in [-0.25, -0.2) is 0 Å². The van der Waals surface area contributed by atoms with E-state index in [-0.39, 0.29) is 18.0 Å². The van der Waals surface area contributed by atoms with Gasteiger partial charge in [-0.3, -0.25) is 9.59 Å². The van der Waals surface area contributed by atoms with Gasteiger partial charge in [-0.2, -0.15) is 0 Å². The van der Waals surface area contributed by atoms with E-state index in [0.29, 0.717) is 19.4 Å². The lowest BCUT2D eigenvalue weighted by Gasteiger charge is -2.39. The molecule has 0 saturated carbocycles. The molecule has 2 unspecified atom stereocenters. The van der Waals surface area contributed by atoms with E-state index in [1.165, 1.54) is 167 Å². The standard InChI is InChI=1S/C46H89NO4/c1-5-9-12-15-18-23-31-40-50-45(48)36-29-22-21-26-33-43-39-38-42(41-47(43)8-4)32-25-24-30-37-46(49)51-44(34-27-19-16-13-10-6-2)35-28-20-17-14-11-7-3/h42-44H,5-41H2,1-4H3. The molecule has 2 atom stereocenters. The van der Waals surface area contributed by atoms with Gasteiger partial charge in [-0.1, -0.05) is 163 Å². The van der Waals surface area contributed by atoms with Gasteiger partial charge in [0, 0.05) is 25.4 Å². The molecule has 51 heavy (non-hydrogen) atoms. The highest BCUT2D eigenvalue weighted by Gasteiger charge is 2.26. The molecule has 0 amide bonds. The van der Waals surface area contributed by atoms with Gasteiger partial charge in [0.1, 0.15) is 6.10 Å². The first-order valence-corrected chi connectivity index (χ1v) is 23.1. The van der Waals surface area contributed by atoms with Gasteiger partial charge in [0.2, 0.25) is 0 Å². The molecular weight excluding hydrogens is 631 g/mol. The fraction of sp³-hybridized carbons (Fsp3) is 0.957. The van der Waals surface area contributed by atoms with Gasteiger partial charge in [0.15, 0.2) is 0 Å². The Bertz CT molecular complexity index is 756. The Morgan fingerprint density at radius 3 is 1.59 bits per heavy atom. The van der Waals surface area contributed by atoms with Crippen LogP contribution in [-0.4, -0.2) is 48.7 Å². The minimum atomic E-state index is 0.00245. The van der Waals surface area contributed by atoms with Gasteiger partial charge in [0.05, 0.1) is 6.61 Å². The third kappa shape index (κ3) is 29.0. The first kappa shape index (κ1) is 47.9. The highest BCUT2D eigenvalue weighted by Crippen LogP contribution is 2.29. The summed E-state index contributed by atoms with van der Waals surface area (Å²) in [5, 5.41) is 0. The second-order valence-corrected chi connectivity index (χ2v) is 16.3. The Morgan fingerprint density at radius 1 is 0.529 bits per heavy atom. The molecule has 0 bridgehead atoms. The predicted octanol–water partition coefficient (Wildman–Crippen LogP) is 14.1. The zero-order valence-corrected chi connectivity index (χ0v) is 35.0. The number of hydrogen-bond acceptors (Lipinski definition) is 5. The maximum absolute atomic E-state index is 12.8. The number of hydrogen-bond donors (Lipinski definition) is 0. The average molecular weight is 720 g/mol. The van der Waals surface area contributed by atoms with E-state index in [4.69, 9.17) is 9.47 Å². The van der Waals surface area contributed by atoms with Gasteiger partial charge in [-0.15, -0.1) is 0 Å². The fourth-order valence-corrected chi connectivity index (χ4v) is 8.14. The largest absolute Gasteiger partial charge is 0.466 e. The van der Waals surface area contributed by atoms with Gasteiger partial charge < -0.3 is 14.4 Å². The zero-order valence-electron chi connectivity index (χ0n) is 35.0. The number of carbonyl (C=O) groups excluding carboxylic acids is 2. The average Bonchev–Trinajstić information content (AvgIpc) is 3.13. The molecule has 5 heteroatoms. The van der Waals surface area contributed by atoms with E-state index in [0.717, 1.165) is 63.5 Å². The maximum atomic E-state index is 12.8. The van der Waals surface area contributed by atoms with Crippen molar-refractivity contribution in [2.24, 2.45) is 5.92 Å². The van der Waals surface area contributed by atoms with Crippen LogP contribution in [0.15, 0.2) is 0 Å². The Hall–Kier alpha value is -1.10. The molecular formula is C46H89NO4. The lowest BCUT2D eigenvalue weighted by atomic mass is 9.87. The number of carbonyl (C=O) groups is 2. The summed E-state index contributed by atoms with van der Waals surface area (Å²) < 4.78 is 11.5. The van der Waals surface area contributed by atoms with E-state index in [9.17, 15) is 9.59 Å². The summed E-state index contributed by atoms with van der Waals surface area (Å²) in [6, 6.07) is 0.730. The van der Waals surface area contributed by atoms with E-state index < -0.39 is 0 Å². The number of unbranched alkanes of at least 4 members (excludes halogenated alkanes) is 21. The molecule has 302 valence electrons. The fourth-order valence-electron chi connectivity index (χ4n) is 8.14. The summed E-state index contributed by atoms with van der Waals surface area (Å²) in [5.41, 5.74) is 0. The van der Waals surface area contributed by atoms with E-state index >= 15 is 0 Å². The summed E-state index contributed by atoms with van der Waals surface area (Å²) in [7, 11) is 0. The maximum Gasteiger partial charge on any atom is 0.306 e. The topological polar surface area (TPSA) is 55.8 Å². The van der Waals surface area contributed by atoms with Crippen molar-refractivity contribution in [2.75, 3.05) is 19.7 Å². The van der Waals surface area contributed by atoms with Crippen LogP contribution in [0, 0.1) is 5.92 Å². The summed E-state index contributed by atoms with van der Waals surface area (Å²) in [6.07, 6.45) is 41.0. The molecule has 5 nitrogen and oxygen atoms in total. The molecule has 0 aromatic rings. The van der Waals surface area contributed by atoms with Crippen molar-refractivity contribution in [1.82, 2.24) is 4.90 Å². The second-order valence-electron chi connectivity index (χ2n) is 16.3. The Balaban J connectivity index is 2.15. The third-order valence-electron chi connectivity index (χ3n) is 11.6. The van der Waals surface area contributed by atoms with Crippen molar-refractivity contribution < 1.29 is 19.1 Å². The highest BCUT2D eigenvalue weighted by atomic mass is 16.5. The first-order valence-electron chi connectivity index (χ1n) is 23.1. The quantitative estimate of drug-likeness (QED) is 0.0472. The van der Waals surface area contributed by atoms with Crippen LogP contribution in [0.25, 0.3) is 0 Å². The molecule has 0 aromatic carbocycles. The molecule has 1 fully saturated rings. The Kier molecular flexibility index (Phi) is 33.7. The monoisotopic (exact) mass is 720 g/mol. The van der Waals surface area contributed by atoms with Crippen LogP contribution < -0.4 is 0 Å². The molecule has 0 aromatic heterocycles. The molecule has 0 aliphatic carbocycles. The van der Waals surface area contributed by atoms with Crippen LogP contribution in [0.4, 0.5) is 0 Å². The van der Waals surface area contributed by atoms with E-state index in [1.54, 1.807) is 0 Å². The van der Waals surface area contributed by atoms with Crippen molar-refractivity contribution in [3.63, 3.8) is 0 Å². The summed E-state index contributed by atoms with van der Waals surface area (Å²) in [6.45, 7) is 12.1. The number of esters is 2. The number of rotatable bonds is 37. The summed E-state index contributed by atoms with van der Waals surface area (Å²) >= 11 is 0. The SMILES string of the molecule is CCCCCCCCCOC(=O)CCCCCCC1CCC(CCCCCC(=O)OC(CCCCCCCC)CCCCCCCC)CN1CC. The summed E-state index contributed by atoms with van der Waals surface area (Å²) in [4.78, 5) is 27.6. The van der Waals surface area contributed by atoms with Gasteiger partial charge in [0.25, 0.3) is 0 Å². The van der Waals surface area contributed by atoms with Gasteiger partial charge >= 0.3 is 11.9 Å². The Labute approximate surface area is 318 Å². The number of ether oxygens (including phenoxy) is 2. The van der Waals surface area contributed by atoms with Crippen molar-refractivity contribution in [3.8, 4) is 0 Å².